The van der Waals surface area contributed by atoms with Gasteiger partial charge >= 0.3 is 127 Å². The third-order valence-corrected chi connectivity index (χ3v) is 13.2. The Hall–Kier alpha value is -3.04. The number of nitrogens with one attached hydrogen (secondary N) is 1. The van der Waals surface area contributed by atoms with Gasteiger partial charge in [0.05, 0.1) is 35.3 Å². The number of piperazine rings is 2. The van der Waals surface area contributed by atoms with Gasteiger partial charge < -0.3 is 45.6 Å². The number of methoxy groups -OCH3 is 2. The molecular weight excluding hydrogens is 1140 g/mol. The Morgan fingerprint density at radius 3 is 1.57 bits per heavy atom. The number of alkyl halides is 6. The van der Waals surface area contributed by atoms with Gasteiger partial charge in [-0.2, -0.15) is 34.8 Å². The van der Waals surface area contributed by atoms with E-state index >= 15 is 0 Å². The Kier molecular flexibility index (Phi) is 33.3. The van der Waals surface area contributed by atoms with Crippen molar-refractivity contribution < 1.29 is 187 Å². The summed E-state index contributed by atoms with van der Waals surface area (Å²) in [5.74, 6) is 0. The molecule has 0 saturated carbocycles. The number of carbonyl (C=O) groups is 3. The van der Waals surface area contributed by atoms with Gasteiger partial charge in [0.1, 0.15) is 19.3 Å². The van der Waals surface area contributed by atoms with Crippen LogP contribution in [-0.4, -0.2) is 121 Å². The van der Waals surface area contributed by atoms with Crippen LogP contribution in [0.3, 0.4) is 0 Å². The van der Waals surface area contributed by atoms with Gasteiger partial charge in [-0.3, -0.25) is 13.9 Å². The molecule has 0 radical (unpaired) electrons. The molecule has 0 unspecified atom stereocenters. The summed E-state index contributed by atoms with van der Waals surface area (Å²) in [6, 6.07) is 33.9. The molecule has 26 heteroatoms. The first-order valence-electron chi connectivity index (χ1n) is 23.7. The molecule has 0 aromatic heterocycles. The number of nitrogens with zero attached hydrogens (tertiary/aromatic N) is 3. The molecule has 4 atom stereocenters. The number of halogens is 7. The molecule has 2 saturated heterocycles. The van der Waals surface area contributed by atoms with Gasteiger partial charge in [-0.1, -0.05) is 96.5 Å². The minimum atomic E-state index is -4.48. The van der Waals surface area contributed by atoms with E-state index in [-0.39, 0.29) is 159 Å². The Labute approximate surface area is 547 Å². The molecule has 2 heterocycles. The zero-order chi connectivity index (χ0) is 56.6. The molecule has 0 aliphatic carbocycles. The maximum Gasteiger partial charge on any atom is 1.00 e. The summed E-state index contributed by atoms with van der Waals surface area (Å²) in [7, 11) is -1.25. The number of benzene rings is 5. The van der Waals surface area contributed by atoms with Gasteiger partial charge in [0, 0.05) is 70.6 Å². The molecule has 5 aromatic rings. The second-order valence-corrected chi connectivity index (χ2v) is 19.3. The third kappa shape index (κ3) is 25.2. The number of hydrogen-bond donors (Lipinski definition) is 1. The van der Waals surface area contributed by atoms with E-state index in [0.717, 1.165) is 66.2 Å². The first kappa shape index (κ1) is 72.1. The van der Waals surface area contributed by atoms with Crippen molar-refractivity contribution in [3.8, 4) is 0 Å². The number of ether oxygens (including phenoxy) is 4. The van der Waals surface area contributed by atoms with Crippen molar-refractivity contribution in [3.63, 3.8) is 0 Å². The molecule has 1 N–H and O–H groups in total. The Morgan fingerprint density at radius 1 is 0.696 bits per heavy atom. The van der Waals surface area contributed by atoms with E-state index in [1.807, 2.05) is 67.6 Å². The van der Waals surface area contributed by atoms with E-state index < -0.39 is 39.7 Å². The van der Waals surface area contributed by atoms with Gasteiger partial charge in [-0.05, 0) is 84.6 Å². The van der Waals surface area contributed by atoms with Crippen LogP contribution < -0.4 is 113 Å². The fourth-order valence-electron chi connectivity index (χ4n) is 7.78. The number of rotatable bonds is 15. The van der Waals surface area contributed by atoms with Crippen molar-refractivity contribution in [2.24, 2.45) is 0 Å². The summed E-state index contributed by atoms with van der Waals surface area (Å²) >= 11 is 5.72. The second kappa shape index (κ2) is 36.5. The van der Waals surface area contributed by atoms with Gasteiger partial charge in [0.15, 0.2) is 0 Å². The van der Waals surface area contributed by atoms with Gasteiger partial charge in [-0.15, -0.1) is 0 Å². The standard InChI is InChI=1S/C23H27F3N2O3.C16H14ClF3O4S.C13H18N2O2.CH2O3.2K.H/c1-17-14-27(22(29)31-15-18-6-4-3-5-7-18)12-13-28(17)21(16-30-2)19-8-10-20(11-9-19)23(24,25)26;1-23-10-15(11-2-4-12(5-3-11)16(18,19)20)24-25(21,22)14-8-6-13(17)7-9-14;1-11-9-15(8-7-14-11)13(16)17-10-12-5-3-2-4-6-12;2-1-4-3;;;/h3-11,17,21H,12-16H2,1-2H3;2-9,15H,10H2,1H3;2-6,11,14H,7-10H2,1H3;1,3H;;;/q;;;;2*+1;-1/p-1/t17-,21-;15-;11-;;;;/m010..../s1. The van der Waals surface area contributed by atoms with Crippen LogP contribution in [0.4, 0.5) is 35.9 Å². The van der Waals surface area contributed by atoms with Crippen molar-refractivity contribution in [1.29, 1.82) is 0 Å². The summed E-state index contributed by atoms with van der Waals surface area (Å²) < 4.78 is 127. The summed E-state index contributed by atoms with van der Waals surface area (Å²) in [5.41, 5.74) is 1.42. The molecule has 2 amide bonds. The molecule has 7 rings (SSSR count). The first-order chi connectivity index (χ1) is 36.6. The van der Waals surface area contributed by atoms with E-state index in [4.69, 9.17) is 44.8 Å². The van der Waals surface area contributed by atoms with E-state index in [1.165, 1.54) is 43.5 Å². The fourth-order valence-corrected chi connectivity index (χ4v) is 8.96. The maximum absolute atomic E-state index is 12.9. The summed E-state index contributed by atoms with van der Waals surface area (Å²) in [5, 5.41) is 12.1. The van der Waals surface area contributed by atoms with Crippen molar-refractivity contribution >= 4 is 40.4 Å². The topological polar surface area (TPSA) is 186 Å². The quantitative estimate of drug-likeness (QED) is 0.0402. The van der Waals surface area contributed by atoms with Crippen molar-refractivity contribution in [3.05, 3.63) is 172 Å². The molecule has 16 nitrogen and oxygen atoms in total. The van der Waals surface area contributed by atoms with Crippen molar-refractivity contribution in [2.75, 3.05) is 66.7 Å². The van der Waals surface area contributed by atoms with Crippen LogP contribution in [-0.2, 0) is 68.5 Å². The summed E-state index contributed by atoms with van der Waals surface area (Å²) in [6.45, 7) is 8.40. The van der Waals surface area contributed by atoms with Crippen LogP contribution in [0.2, 0.25) is 5.02 Å². The number of hydrogen-bond acceptors (Lipinski definition) is 14. The predicted molar refractivity (Wildman–Crippen MR) is 270 cm³/mol. The number of carbonyl (C=O) groups excluding carboxylic acids is 3. The summed E-state index contributed by atoms with van der Waals surface area (Å²) in [6.07, 6.45) is -10.5. The molecule has 2 aliphatic heterocycles. The molecule has 0 spiro atoms. The fraction of sp³-hybridized carbons (Fsp3) is 0.377. The van der Waals surface area contributed by atoms with Crippen LogP contribution >= 0.6 is 11.6 Å². The predicted octanol–water partition coefficient (Wildman–Crippen LogP) is 3.36. The molecular formula is C53H61ClF6K2N4O12S. The average molecular weight is 1210 g/mol. The molecule has 5 aromatic carbocycles. The van der Waals surface area contributed by atoms with E-state index in [9.17, 15) is 44.3 Å². The molecule has 2 fully saturated rings. The minimum absolute atomic E-state index is 0. The normalized spacial score (nSPS) is 16.2. The van der Waals surface area contributed by atoms with Crippen LogP contribution in [0.1, 0.15) is 60.8 Å². The van der Waals surface area contributed by atoms with E-state index in [2.05, 4.69) is 22.0 Å². The van der Waals surface area contributed by atoms with Gasteiger partial charge in [0.25, 0.3) is 16.6 Å². The number of amides is 2. The van der Waals surface area contributed by atoms with E-state index in [1.54, 1.807) is 16.9 Å². The Morgan fingerprint density at radius 2 is 1.15 bits per heavy atom. The monoisotopic (exact) mass is 1200 g/mol. The largest absolute Gasteiger partial charge is 1.00 e. The first-order valence-corrected chi connectivity index (χ1v) is 25.5. The molecule has 2 aliphatic rings. The molecule has 0 bridgehead atoms. The van der Waals surface area contributed by atoms with Crippen LogP contribution in [0.15, 0.2) is 138 Å². The third-order valence-electron chi connectivity index (χ3n) is 11.6. The van der Waals surface area contributed by atoms with Gasteiger partial charge in [0.2, 0.25) is 0 Å². The van der Waals surface area contributed by atoms with Crippen LogP contribution in [0.5, 0.6) is 0 Å². The molecule has 79 heavy (non-hydrogen) atoms. The van der Waals surface area contributed by atoms with E-state index in [0.29, 0.717) is 50.5 Å². The van der Waals surface area contributed by atoms with Crippen LogP contribution in [0, 0.1) is 0 Å². The maximum atomic E-state index is 12.9. The SMILES string of the molecule is COC[C@@H](OS(=O)(=O)c1ccc(Cl)cc1)c1ccc(C(F)(F)F)cc1.COC[C@@H](c1ccc(C(F)(F)F)cc1)N1CCN(C(=O)OCc2ccccc2)C[C@@H]1C.C[C@H]1CN(C(=O)OCc2ccccc2)CCN1.O=CO[O-].[H-].[K+].[K+]. The zero-order valence-corrected chi connectivity index (χ0v) is 52.3. The van der Waals surface area contributed by atoms with Gasteiger partial charge in [-0.25, -0.2) is 9.59 Å². The smallest absolute Gasteiger partial charge is 1.00 e. The second-order valence-electron chi connectivity index (χ2n) is 17.3. The van der Waals surface area contributed by atoms with Crippen molar-refractivity contribution in [2.45, 2.75) is 68.5 Å². The zero-order valence-electron chi connectivity index (χ0n) is 45.5. The van der Waals surface area contributed by atoms with Crippen molar-refractivity contribution in [1.82, 2.24) is 20.0 Å². The Bertz CT molecular complexity index is 2670. The molecule has 422 valence electrons. The van der Waals surface area contributed by atoms with Crippen LogP contribution in [0.25, 0.3) is 0 Å². The average Bonchev–Trinajstić information content (AvgIpc) is 3.41. The minimum Gasteiger partial charge on any atom is -1.00 e. The summed E-state index contributed by atoms with van der Waals surface area (Å²) in [4.78, 5) is 41.0. The Balaban J connectivity index is 0.000000589.